The van der Waals surface area contributed by atoms with Crippen LogP contribution in [0.25, 0.3) is 11.1 Å². The Hall–Kier alpha value is -2.53. The van der Waals surface area contributed by atoms with Crippen LogP contribution in [-0.4, -0.2) is 12.2 Å². The molecular formula is C16H19N5. The highest BCUT2D eigenvalue weighted by Gasteiger charge is 2.24. The molecule has 2 aromatic carbocycles. The van der Waals surface area contributed by atoms with Gasteiger partial charge in [0.05, 0.1) is 0 Å². The van der Waals surface area contributed by atoms with Gasteiger partial charge in [-0.05, 0) is 18.1 Å². The number of aliphatic imine (C=N–C) groups is 1. The Balaban J connectivity index is 2.07. The molecule has 1 aliphatic rings. The van der Waals surface area contributed by atoms with E-state index in [0.717, 1.165) is 11.3 Å². The third-order valence-corrected chi connectivity index (χ3v) is 3.62. The molecule has 0 aromatic heterocycles. The number of benzene rings is 2. The average Bonchev–Trinajstić information content (AvgIpc) is 2.47. The topological polar surface area (TPSA) is 88.5 Å². The van der Waals surface area contributed by atoms with Crippen LogP contribution in [0.5, 0.6) is 0 Å². The van der Waals surface area contributed by atoms with E-state index in [1.165, 1.54) is 11.1 Å². The largest absolute Gasteiger partial charge is 0.370 e. The number of hydrogen-bond donors (Lipinski definition) is 4. The Bertz CT molecular complexity index is 662. The number of fused-ring (bicyclic) bond motifs is 1. The van der Waals surface area contributed by atoms with Gasteiger partial charge in [-0.1, -0.05) is 48.5 Å². The maximum Gasteiger partial charge on any atom is 0.189 e. The quantitative estimate of drug-likeness (QED) is 0.500. The molecule has 0 aliphatic carbocycles. The second kappa shape index (κ2) is 5.46. The minimum absolute atomic E-state index is 0.0628. The average molecular weight is 281 g/mol. The van der Waals surface area contributed by atoms with E-state index in [0.29, 0.717) is 0 Å². The monoisotopic (exact) mass is 281 g/mol. The zero-order valence-corrected chi connectivity index (χ0v) is 11.9. The normalized spacial score (nSPS) is 20.2. The number of para-hydroxylation sites is 1. The van der Waals surface area contributed by atoms with Crippen molar-refractivity contribution in [3.63, 3.8) is 0 Å². The van der Waals surface area contributed by atoms with Crippen LogP contribution in [0.4, 0.5) is 5.69 Å². The highest BCUT2D eigenvalue weighted by Crippen LogP contribution is 2.36. The lowest BCUT2D eigenvalue weighted by Crippen LogP contribution is -2.43. The van der Waals surface area contributed by atoms with E-state index in [2.05, 4.69) is 52.9 Å². The van der Waals surface area contributed by atoms with Crippen molar-refractivity contribution in [3.05, 3.63) is 54.1 Å². The summed E-state index contributed by atoms with van der Waals surface area (Å²) < 4.78 is 0. The van der Waals surface area contributed by atoms with Gasteiger partial charge >= 0.3 is 0 Å². The van der Waals surface area contributed by atoms with Gasteiger partial charge in [-0.3, -0.25) is 5.32 Å². The summed E-state index contributed by atoms with van der Waals surface area (Å²) in [7, 11) is 0. The van der Waals surface area contributed by atoms with E-state index in [1.54, 1.807) is 0 Å². The van der Waals surface area contributed by atoms with Crippen molar-refractivity contribution in [3.8, 4) is 11.1 Å². The zero-order chi connectivity index (χ0) is 14.8. The van der Waals surface area contributed by atoms with Crippen LogP contribution in [0, 0.1) is 0 Å². The van der Waals surface area contributed by atoms with E-state index in [1.807, 2.05) is 18.2 Å². The molecule has 0 spiro atoms. The second-order valence-electron chi connectivity index (χ2n) is 5.13. The van der Waals surface area contributed by atoms with Crippen LogP contribution in [0.15, 0.2) is 53.5 Å². The third kappa shape index (κ3) is 2.68. The predicted octanol–water partition coefficient (Wildman–Crippen LogP) is 1.99. The van der Waals surface area contributed by atoms with Gasteiger partial charge in [0.15, 0.2) is 12.2 Å². The Morgan fingerprint density at radius 1 is 1.05 bits per heavy atom. The molecule has 2 atom stereocenters. The van der Waals surface area contributed by atoms with Crippen molar-refractivity contribution in [1.82, 2.24) is 5.32 Å². The first kappa shape index (κ1) is 13.5. The second-order valence-corrected chi connectivity index (χ2v) is 5.13. The highest BCUT2D eigenvalue weighted by atomic mass is 15.3. The Morgan fingerprint density at radius 3 is 2.52 bits per heavy atom. The number of guanidine groups is 1. The summed E-state index contributed by atoms with van der Waals surface area (Å²) in [6.45, 7) is 2.10. The van der Waals surface area contributed by atoms with Gasteiger partial charge in [0, 0.05) is 17.3 Å². The Kier molecular flexibility index (Phi) is 3.50. The molecule has 0 bridgehead atoms. The minimum Gasteiger partial charge on any atom is -0.370 e. The molecule has 2 unspecified atom stereocenters. The molecule has 108 valence electrons. The molecule has 0 amide bonds. The summed E-state index contributed by atoms with van der Waals surface area (Å²) >= 11 is 0. The minimum atomic E-state index is -0.317. The summed E-state index contributed by atoms with van der Waals surface area (Å²) in [4.78, 5) is 4.17. The molecular weight excluding hydrogens is 262 g/mol. The maximum absolute atomic E-state index is 5.49. The van der Waals surface area contributed by atoms with E-state index >= 15 is 0 Å². The molecule has 21 heavy (non-hydrogen) atoms. The van der Waals surface area contributed by atoms with E-state index in [9.17, 15) is 0 Å². The fourth-order valence-electron chi connectivity index (χ4n) is 2.67. The first-order valence-corrected chi connectivity index (χ1v) is 6.95. The Morgan fingerprint density at radius 2 is 1.81 bits per heavy atom. The molecule has 0 fully saturated rings. The summed E-state index contributed by atoms with van der Waals surface area (Å²) in [5.74, 6) is 0.0628. The standard InChI is InChI=1S/C16H19N5/c1-10-12-8-5-9-13(11-6-3-2-4-7-11)14(12)20-16(19-10)21-15(17)18/h2-10,16,19-20H,1H3,(H4,17,18,21). The van der Waals surface area contributed by atoms with E-state index < -0.39 is 0 Å². The van der Waals surface area contributed by atoms with Crippen LogP contribution in [0.2, 0.25) is 0 Å². The number of nitrogens with two attached hydrogens (primary N) is 2. The first-order valence-electron chi connectivity index (χ1n) is 6.95. The Labute approximate surface area is 124 Å². The first-order chi connectivity index (χ1) is 10.1. The smallest absolute Gasteiger partial charge is 0.189 e. The summed E-state index contributed by atoms with van der Waals surface area (Å²) in [5.41, 5.74) is 15.6. The van der Waals surface area contributed by atoms with Crippen molar-refractivity contribution >= 4 is 11.6 Å². The zero-order valence-electron chi connectivity index (χ0n) is 11.9. The SMILES string of the molecule is CC1NC(N=C(N)N)Nc2c(-c3ccccc3)cccc21. The summed E-state index contributed by atoms with van der Waals surface area (Å²) in [5, 5.41) is 6.69. The van der Waals surface area contributed by atoms with Gasteiger partial charge in [0.2, 0.25) is 0 Å². The molecule has 3 rings (SSSR count). The lowest BCUT2D eigenvalue weighted by Gasteiger charge is -2.32. The highest BCUT2D eigenvalue weighted by molar-refractivity contribution is 5.82. The van der Waals surface area contributed by atoms with Crippen molar-refractivity contribution in [1.29, 1.82) is 0 Å². The van der Waals surface area contributed by atoms with Gasteiger partial charge in [0.1, 0.15) is 0 Å². The molecule has 1 heterocycles. The lowest BCUT2D eigenvalue weighted by atomic mass is 9.95. The van der Waals surface area contributed by atoms with Crippen molar-refractivity contribution in [2.24, 2.45) is 16.5 Å². The van der Waals surface area contributed by atoms with Crippen molar-refractivity contribution in [2.45, 2.75) is 19.3 Å². The number of rotatable bonds is 2. The number of nitrogens with zero attached hydrogens (tertiary/aromatic N) is 1. The molecule has 0 saturated carbocycles. The third-order valence-electron chi connectivity index (χ3n) is 3.62. The summed E-state index contributed by atoms with van der Waals surface area (Å²) in [6, 6.07) is 16.7. The lowest BCUT2D eigenvalue weighted by molar-refractivity contribution is 0.483. The van der Waals surface area contributed by atoms with Crippen LogP contribution >= 0.6 is 0 Å². The fourth-order valence-corrected chi connectivity index (χ4v) is 2.67. The van der Waals surface area contributed by atoms with Crippen LogP contribution in [0.3, 0.4) is 0 Å². The predicted molar refractivity (Wildman–Crippen MR) is 86.6 cm³/mol. The summed E-state index contributed by atoms with van der Waals surface area (Å²) in [6.07, 6.45) is -0.317. The number of hydrogen-bond acceptors (Lipinski definition) is 3. The van der Waals surface area contributed by atoms with Gasteiger partial charge in [-0.2, -0.15) is 0 Å². The van der Waals surface area contributed by atoms with Crippen molar-refractivity contribution in [2.75, 3.05) is 5.32 Å². The number of nitrogens with one attached hydrogen (secondary N) is 2. The van der Waals surface area contributed by atoms with Gasteiger partial charge in [-0.15, -0.1) is 0 Å². The van der Waals surface area contributed by atoms with E-state index in [-0.39, 0.29) is 18.3 Å². The van der Waals surface area contributed by atoms with Crippen LogP contribution in [-0.2, 0) is 0 Å². The van der Waals surface area contributed by atoms with Gasteiger partial charge < -0.3 is 16.8 Å². The van der Waals surface area contributed by atoms with Crippen molar-refractivity contribution < 1.29 is 0 Å². The molecule has 2 aromatic rings. The van der Waals surface area contributed by atoms with Gasteiger partial charge in [0.25, 0.3) is 0 Å². The fraction of sp³-hybridized carbons (Fsp3) is 0.188. The van der Waals surface area contributed by atoms with Gasteiger partial charge in [-0.25, -0.2) is 4.99 Å². The van der Waals surface area contributed by atoms with E-state index in [4.69, 9.17) is 11.5 Å². The molecule has 0 radical (unpaired) electrons. The molecule has 5 nitrogen and oxygen atoms in total. The molecule has 6 N–H and O–H groups in total. The number of anilines is 1. The maximum atomic E-state index is 5.49. The van der Waals surface area contributed by atoms with Crippen LogP contribution < -0.4 is 22.1 Å². The molecule has 1 aliphatic heterocycles. The molecule has 0 saturated heterocycles. The molecule has 5 heteroatoms. The van der Waals surface area contributed by atoms with Crippen LogP contribution in [0.1, 0.15) is 18.5 Å².